The lowest BCUT2D eigenvalue weighted by molar-refractivity contribution is 0.572. The molecule has 0 bridgehead atoms. The first-order valence-electron chi connectivity index (χ1n) is 8.11. The molecular weight excluding hydrogens is 362 g/mol. The average Bonchev–Trinajstić information content (AvgIpc) is 3.16. The average molecular weight is 374 g/mol. The Morgan fingerprint density at radius 3 is 2.74 bits per heavy atom. The molecule has 130 valence electrons. The fourth-order valence-electron chi connectivity index (χ4n) is 2.72. The van der Waals surface area contributed by atoms with Crippen molar-refractivity contribution in [3.8, 4) is 17.4 Å². The molecule has 0 aliphatic carbocycles. The fourth-order valence-corrected chi connectivity index (χ4v) is 2.89. The van der Waals surface area contributed by atoms with Crippen molar-refractivity contribution >= 4 is 34.2 Å². The molecule has 0 spiro atoms. The second-order valence-corrected chi connectivity index (χ2v) is 6.25. The highest BCUT2D eigenvalue weighted by atomic mass is 35.5. The van der Waals surface area contributed by atoms with E-state index < -0.39 is 0 Å². The zero-order chi connectivity index (χ0) is 18.8. The Morgan fingerprint density at radius 2 is 1.96 bits per heavy atom. The largest absolute Gasteiger partial charge is 0.457 e. The number of nitriles is 1. The third kappa shape index (κ3) is 3.39. The van der Waals surface area contributed by atoms with E-state index in [4.69, 9.17) is 16.0 Å². The third-order valence-corrected chi connectivity index (χ3v) is 4.25. The second kappa shape index (κ2) is 6.94. The van der Waals surface area contributed by atoms with Gasteiger partial charge in [-0.3, -0.25) is 4.79 Å². The zero-order valence-electron chi connectivity index (χ0n) is 13.9. The smallest absolute Gasteiger partial charge is 0.259 e. The van der Waals surface area contributed by atoms with Crippen LogP contribution in [-0.2, 0) is 0 Å². The van der Waals surface area contributed by atoms with Crippen molar-refractivity contribution < 1.29 is 4.42 Å². The predicted octanol–water partition coefficient (Wildman–Crippen LogP) is 4.90. The molecule has 0 amide bonds. The van der Waals surface area contributed by atoms with E-state index in [2.05, 4.69) is 16.0 Å². The Labute approximate surface area is 159 Å². The third-order valence-electron chi connectivity index (χ3n) is 4.01. The maximum absolute atomic E-state index is 12.3. The number of nitrogens with one attached hydrogen (secondary N) is 1. The molecule has 4 rings (SSSR count). The van der Waals surface area contributed by atoms with Crippen LogP contribution >= 0.6 is 11.6 Å². The van der Waals surface area contributed by atoms with Gasteiger partial charge in [0.05, 0.1) is 16.5 Å². The number of halogens is 1. The molecule has 4 aromatic rings. The summed E-state index contributed by atoms with van der Waals surface area (Å²) in [6.07, 6.45) is 1.55. The van der Waals surface area contributed by atoms with Crippen LogP contribution in [0.1, 0.15) is 11.6 Å². The Morgan fingerprint density at radius 1 is 1.15 bits per heavy atom. The van der Waals surface area contributed by atoms with Gasteiger partial charge in [0.1, 0.15) is 17.6 Å². The highest BCUT2D eigenvalue weighted by Crippen LogP contribution is 2.24. The summed E-state index contributed by atoms with van der Waals surface area (Å²) in [6.45, 7) is 0. The van der Waals surface area contributed by atoms with Gasteiger partial charge in [0, 0.05) is 16.7 Å². The molecule has 1 N–H and O–H groups in total. The number of allylic oxidation sites excluding steroid dienone is 1. The van der Waals surface area contributed by atoms with E-state index in [9.17, 15) is 10.1 Å². The van der Waals surface area contributed by atoms with Crippen LogP contribution in [0.3, 0.4) is 0 Å². The topological polar surface area (TPSA) is 82.7 Å². The molecule has 0 fully saturated rings. The van der Waals surface area contributed by atoms with Crippen molar-refractivity contribution in [1.82, 2.24) is 9.97 Å². The molecule has 0 saturated heterocycles. The molecule has 2 aromatic carbocycles. The highest BCUT2D eigenvalue weighted by Gasteiger charge is 2.10. The van der Waals surface area contributed by atoms with Crippen molar-refractivity contribution in [1.29, 1.82) is 5.26 Å². The lowest BCUT2D eigenvalue weighted by atomic mass is 10.2. The first-order valence-corrected chi connectivity index (χ1v) is 8.49. The standard InChI is InChI=1S/C21H12ClN3O2/c22-15-6-8-18-17(11-15)21(26)25-20(24-18)14(12-23)10-16-7-9-19(27-16)13-4-2-1-3-5-13/h1-11H,(H,24,25,26)/b14-10+. The van der Waals surface area contributed by atoms with E-state index in [-0.39, 0.29) is 17.0 Å². The van der Waals surface area contributed by atoms with E-state index in [1.54, 1.807) is 30.3 Å². The van der Waals surface area contributed by atoms with E-state index in [1.807, 2.05) is 36.4 Å². The van der Waals surface area contributed by atoms with Crippen molar-refractivity contribution in [2.75, 3.05) is 0 Å². The van der Waals surface area contributed by atoms with Crippen LogP contribution in [0, 0.1) is 11.3 Å². The molecule has 27 heavy (non-hydrogen) atoms. The minimum Gasteiger partial charge on any atom is -0.457 e. The number of rotatable bonds is 3. The zero-order valence-corrected chi connectivity index (χ0v) is 14.7. The van der Waals surface area contributed by atoms with Crippen molar-refractivity contribution in [2.45, 2.75) is 0 Å². The molecule has 0 aliphatic rings. The molecule has 0 saturated carbocycles. The van der Waals surface area contributed by atoms with Gasteiger partial charge >= 0.3 is 0 Å². The van der Waals surface area contributed by atoms with Gasteiger partial charge < -0.3 is 9.40 Å². The lowest BCUT2D eigenvalue weighted by Crippen LogP contribution is -2.11. The summed E-state index contributed by atoms with van der Waals surface area (Å²) in [4.78, 5) is 19.3. The van der Waals surface area contributed by atoms with Gasteiger partial charge in [0.15, 0.2) is 5.82 Å². The normalized spacial score (nSPS) is 11.5. The van der Waals surface area contributed by atoms with Crippen molar-refractivity contribution in [3.63, 3.8) is 0 Å². The number of hydrogen-bond donors (Lipinski definition) is 1. The number of benzene rings is 2. The summed E-state index contributed by atoms with van der Waals surface area (Å²) in [7, 11) is 0. The molecule has 6 heteroatoms. The number of hydrogen-bond acceptors (Lipinski definition) is 4. The van der Waals surface area contributed by atoms with Gasteiger partial charge in [0.25, 0.3) is 5.56 Å². The number of nitrogens with zero attached hydrogens (tertiary/aromatic N) is 2. The molecule has 5 nitrogen and oxygen atoms in total. The first-order chi connectivity index (χ1) is 13.1. The van der Waals surface area contributed by atoms with Crippen LogP contribution in [0.4, 0.5) is 0 Å². The van der Waals surface area contributed by atoms with E-state index >= 15 is 0 Å². The highest BCUT2D eigenvalue weighted by molar-refractivity contribution is 6.31. The Balaban J connectivity index is 1.76. The van der Waals surface area contributed by atoms with Gasteiger partial charge in [-0.15, -0.1) is 0 Å². The Kier molecular flexibility index (Phi) is 4.33. The summed E-state index contributed by atoms with van der Waals surface area (Å²) < 4.78 is 5.79. The number of furan rings is 1. The summed E-state index contributed by atoms with van der Waals surface area (Å²) in [5, 5.41) is 10.3. The van der Waals surface area contributed by atoms with Gasteiger partial charge in [-0.1, -0.05) is 41.9 Å². The van der Waals surface area contributed by atoms with Crippen LogP contribution < -0.4 is 5.56 Å². The SMILES string of the molecule is N#C/C(=C\c1ccc(-c2ccccc2)o1)c1nc2ccc(Cl)cc2c(=O)[nH]1. The lowest BCUT2D eigenvalue weighted by Gasteiger charge is -2.02. The molecule has 0 atom stereocenters. The number of aromatic amines is 1. The molecule has 0 unspecified atom stereocenters. The molecule has 0 aliphatic heterocycles. The van der Waals surface area contributed by atoms with Crippen molar-refractivity contribution in [3.05, 3.63) is 87.6 Å². The maximum Gasteiger partial charge on any atom is 0.259 e. The van der Waals surface area contributed by atoms with Crippen LogP contribution in [-0.4, -0.2) is 9.97 Å². The molecule has 0 radical (unpaired) electrons. The molecule has 2 heterocycles. The quantitative estimate of drug-likeness (QED) is 0.518. The number of fused-ring (bicyclic) bond motifs is 1. The van der Waals surface area contributed by atoms with E-state index in [1.165, 1.54) is 0 Å². The van der Waals surface area contributed by atoms with Gasteiger partial charge in [-0.05, 0) is 30.3 Å². The van der Waals surface area contributed by atoms with Gasteiger partial charge in [0.2, 0.25) is 0 Å². The van der Waals surface area contributed by atoms with Crippen LogP contribution in [0.15, 0.2) is 69.9 Å². The minimum atomic E-state index is -0.358. The Bertz CT molecular complexity index is 1260. The first kappa shape index (κ1) is 16.8. The minimum absolute atomic E-state index is 0.176. The van der Waals surface area contributed by atoms with Crippen LogP contribution in [0.5, 0.6) is 0 Å². The van der Waals surface area contributed by atoms with E-state index in [0.717, 1.165) is 5.56 Å². The van der Waals surface area contributed by atoms with Crippen LogP contribution in [0.25, 0.3) is 33.9 Å². The van der Waals surface area contributed by atoms with Crippen molar-refractivity contribution in [2.24, 2.45) is 0 Å². The summed E-state index contributed by atoms with van der Waals surface area (Å²) >= 11 is 5.92. The van der Waals surface area contributed by atoms with E-state index in [0.29, 0.717) is 27.4 Å². The monoisotopic (exact) mass is 373 g/mol. The molecular formula is C21H12ClN3O2. The number of aromatic nitrogens is 2. The summed E-state index contributed by atoms with van der Waals surface area (Å²) in [6, 6.07) is 20.1. The predicted molar refractivity (Wildman–Crippen MR) is 105 cm³/mol. The van der Waals surface area contributed by atoms with Gasteiger partial charge in [-0.25, -0.2) is 4.98 Å². The van der Waals surface area contributed by atoms with Gasteiger partial charge in [-0.2, -0.15) is 5.26 Å². The second-order valence-electron chi connectivity index (χ2n) is 5.81. The number of H-pyrrole nitrogens is 1. The fraction of sp³-hybridized carbons (Fsp3) is 0. The van der Waals surface area contributed by atoms with Crippen LogP contribution in [0.2, 0.25) is 5.02 Å². The summed E-state index contributed by atoms with van der Waals surface area (Å²) in [5.41, 5.74) is 1.23. The Hall–Kier alpha value is -3.62. The molecule has 2 aromatic heterocycles. The summed E-state index contributed by atoms with van der Waals surface area (Å²) in [5.74, 6) is 1.35. The maximum atomic E-state index is 12.3.